The molecule has 0 radical (unpaired) electrons. The Balaban J connectivity index is 1.45. The van der Waals surface area contributed by atoms with Crippen LogP contribution in [0.2, 0.25) is 0 Å². The van der Waals surface area contributed by atoms with Gasteiger partial charge in [-0.3, -0.25) is 4.90 Å². The molecule has 0 amide bonds. The van der Waals surface area contributed by atoms with Crippen molar-refractivity contribution in [2.75, 3.05) is 63.6 Å². The fourth-order valence-corrected chi connectivity index (χ4v) is 6.09. The van der Waals surface area contributed by atoms with Crippen LogP contribution in [0.25, 0.3) is 21.6 Å². The average Bonchev–Trinajstić information content (AvgIpc) is 3.21. The molecule has 2 saturated heterocycles. The molecule has 0 unspecified atom stereocenters. The third-order valence-electron chi connectivity index (χ3n) is 5.88. The minimum atomic E-state index is -3.15. The smallest absolute Gasteiger partial charge is 0.212 e. The van der Waals surface area contributed by atoms with E-state index in [2.05, 4.69) is 20.9 Å². The first kappa shape index (κ1) is 22.5. The zero-order chi connectivity index (χ0) is 23.0. The predicted molar refractivity (Wildman–Crippen MR) is 125 cm³/mol. The van der Waals surface area contributed by atoms with E-state index in [0.29, 0.717) is 50.8 Å². The lowest BCUT2D eigenvalue weighted by Gasteiger charge is -2.32. The van der Waals surface area contributed by atoms with E-state index in [0.717, 1.165) is 40.5 Å². The number of hydrogen-bond acceptors (Lipinski definition) is 9. The highest BCUT2D eigenvalue weighted by atomic mass is 32.2. The van der Waals surface area contributed by atoms with Crippen molar-refractivity contribution >= 4 is 37.4 Å². The van der Waals surface area contributed by atoms with Crippen molar-refractivity contribution in [3.05, 3.63) is 35.2 Å². The summed E-state index contributed by atoms with van der Waals surface area (Å²) < 4.78 is 44.9. The molecule has 9 nitrogen and oxygen atoms in total. The monoisotopic (exact) mass is 492 g/mol. The molecular formula is C21H25FN6O3S2. The molecule has 0 aromatic carbocycles. The highest BCUT2D eigenvalue weighted by Crippen LogP contribution is 2.35. The van der Waals surface area contributed by atoms with E-state index in [1.807, 2.05) is 0 Å². The van der Waals surface area contributed by atoms with Gasteiger partial charge in [0.2, 0.25) is 16.0 Å². The SMILES string of the molecule is CS(=O)(=O)N1CCN(Cc2cc3nc(-c4ccc(F)nc4)nc(N4CCOCC4)c3s2)CC1. The van der Waals surface area contributed by atoms with E-state index in [-0.39, 0.29) is 0 Å². The van der Waals surface area contributed by atoms with Crippen molar-refractivity contribution in [1.29, 1.82) is 0 Å². The maximum Gasteiger partial charge on any atom is 0.212 e. The summed E-state index contributed by atoms with van der Waals surface area (Å²) in [5.41, 5.74) is 1.51. The molecule has 0 saturated carbocycles. The van der Waals surface area contributed by atoms with Gasteiger partial charge in [-0.15, -0.1) is 11.3 Å². The van der Waals surface area contributed by atoms with Gasteiger partial charge in [-0.1, -0.05) is 0 Å². The predicted octanol–water partition coefficient (Wildman–Crippen LogP) is 1.81. The summed E-state index contributed by atoms with van der Waals surface area (Å²) in [4.78, 5) is 19.0. The van der Waals surface area contributed by atoms with Crippen molar-refractivity contribution in [2.45, 2.75) is 6.54 Å². The second-order valence-corrected chi connectivity index (χ2v) is 11.3. The molecule has 5 rings (SSSR count). The quantitative estimate of drug-likeness (QED) is 0.498. The van der Waals surface area contributed by atoms with Crippen LogP contribution in [0.3, 0.4) is 0 Å². The zero-order valence-electron chi connectivity index (χ0n) is 18.3. The molecule has 2 aliphatic rings. The number of rotatable bonds is 5. The Bertz CT molecular complexity index is 1240. The molecule has 3 aromatic heterocycles. The van der Waals surface area contributed by atoms with E-state index in [9.17, 15) is 12.8 Å². The van der Waals surface area contributed by atoms with Gasteiger partial charge in [0.25, 0.3) is 0 Å². The fraction of sp³-hybridized carbons (Fsp3) is 0.476. The molecule has 176 valence electrons. The highest BCUT2D eigenvalue weighted by Gasteiger charge is 2.25. The number of nitrogens with zero attached hydrogens (tertiary/aromatic N) is 6. The van der Waals surface area contributed by atoms with Gasteiger partial charge in [0.15, 0.2) is 11.6 Å². The van der Waals surface area contributed by atoms with Crippen molar-refractivity contribution in [3.63, 3.8) is 0 Å². The Morgan fingerprint density at radius 3 is 2.52 bits per heavy atom. The van der Waals surface area contributed by atoms with Gasteiger partial charge in [-0.25, -0.2) is 23.4 Å². The maximum atomic E-state index is 13.3. The lowest BCUT2D eigenvalue weighted by Crippen LogP contribution is -2.47. The summed E-state index contributed by atoms with van der Waals surface area (Å²) in [6, 6.07) is 5.03. The molecular weight excluding hydrogens is 467 g/mol. The molecule has 2 fully saturated rings. The van der Waals surface area contributed by atoms with Crippen molar-refractivity contribution < 1.29 is 17.5 Å². The van der Waals surface area contributed by atoms with Crippen LogP contribution in [-0.4, -0.2) is 91.3 Å². The van der Waals surface area contributed by atoms with Crippen LogP contribution in [0, 0.1) is 5.95 Å². The normalized spacial score (nSPS) is 18.8. The van der Waals surface area contributed by atoms with Gasteiger partial charge in [0, 0.05) is 62.5 Å². The zero-order valence-corrected chi connectivity index (χ0v) is 19.9. The van der Waals surface area contributed by atoms with Crippen LogP contribution >= 0.6 is 11.3 Å². The fourth-order valence-electron chi connectivity index (χ4n) is 4.11. The average molecular weight is 493 g/mol. The van der Waals surface area contributed by atoms with Crippen LogP contribution in [0.4, 0.5) is 10.2 Å². The number of piperazine rings is 1. The number of aromatic nitrogens is 3. The van der Waals surface area contributed by atoms with Crippen LogP contribution < -0.4 is 4.90 Å². The molecule has 5 heterocycles. The molecule has 33 heavy (non-hydrogen) atoms. The van der Waals surface area contributed by atoms with Crippen molar-refractivity contribution in [3.8, 4) is 11.4 Å². The van der Waals surface area contributed by atoms with Gasteiger partial charge in [-0.2, -0.15) is 8.70 Å². The summed E-state index contributed by atoms with van der Waals surface area (Å²) in [6.45, 7) is 5.89. The third kappa shape index (κ3) is 4.99. The van der Waals surface area contributed by atoms with Crippen LogP contribution in [0.15, 0.2) is 24.4 Å². The Labute approximate surface area is 195 Å². The summed E-state index contributed by atoms with van der Waals surface area (Å²) in [5.74, 6) is 0.838. The summed E-state index contributed by atoms with van der Waals surface area (Å²) in [6.07, 6.45) is 2.71. The standard InChI is InChI=1S/C21H25FN6O3S2/c1-33(29,30)28-6-4-26(5-7-28)14-16-12-17-19(32-16)21(27-8-10-31-11-9-27)25-20(24-17)15-2-3-18(22)23-13-15/h2-3,12-13H,4-11,14H2,1H3. The lowest BCUT2D eigenvalue weighted by atomic mass is 10.2. The minimum absolute atomic E-state index is 0.504. The van der Waals surface area contributed by atoms with Crippen LogP contribution in [0.1, 0.15) is 4.88 Å². The van der Waals surface area contributed by atoms with E-state index < -0.39 is 16.0 Å². The number of morpholine rings is 1. The number of halogens is 1. The Morgan fingerprint density at radius 2 is 1.85 bits per heavy atom. The second-order valence-electron chi connectivity index (χ2n) is 8.21. The number of hydrogen-bond donors (Lipinski definition) is 0. The first-order valence-corrected chi connectivity index (χ1v) is 13.5. The van der Waals surface area contributed by atoms with Gasteiger partial charge in [0.1, 0.15) is 0 Å². The third-order valence-corrected chi connectivity index (χ3v) is 8.29. The maximum absolute atomic E-state index is 13.3. The van der Waals surface area contributed by atoms with Crippen molar-refractivity contribution in [2.24, 2.45) is 0 Å². The first-order valence-electron chi connectivity index (χ1n) is 10.8. The van der Waals surface area contributed by atoms with E-state index in [1.54, 1.807) is 17.4 Å². The molecule has 3 aromatic rings. The number of pyridine rings is 1. The molecule has 2 aliphatic heterocycles. The summed E-state index contributed by atoms with van der Waals surface area (Å²) >= 11 is 1.67. The first-order chi connectivity index (χ1) is 15.9. The van der Waals surface area contributed by atoms with Gasteiger partial charge >= 0.3 is 0 Å². The summed E-state index contributed by atoms with van der Waals surface area (Å²) in [7, 11) is -3.15. The molecule has 0 N–H and O–H groups in total. The van der Waals surface area contributed by atoms with E-state index >= 15 is 0 Å². The van der Waals surface area contributed by atoms with Gasteiger partial charge < -0.3 is 9.64 Å². The van der Waals surface area contributed by atoms with Gasteiger partial charge in [0.05, 0.1) is 29.7 Å². The number of thiophene rings is 1. The topological polar surface area (TPSA) is 91.8 Å². The molecule has 12 heteroatoms. The Morgan fingerprint density at radius 1 is 1.09 bits per heavy atom. The lowest BCUT2D eigenvalue weighted by molar-refractivity contribution is 0.122. The van der Waals surface area contributed by atoms with Gasteiger partial charge in [-0.05, 0) is 18.2 Å². The number of fused-ring (bicyclic) bond motifs is 1. The molecule has 0 aliphatic carbocycles. The highest BCUT2D eigenvalue weighted by molar-refractivity contribution is 7.88. The number of sulfonamides is 1. The second kappa shape index (κ2) is 9.18. The Kier molecular flexibility index (Phi) is 6.27. The van der Waals surface area contributed by atoms with E-state index in [1.165, 1.54) is 22.8 Å². The van der Waals surface area contributed by atoms with Crippen molar-refractivity contribution in [1.82, 2.24) is 24.2 Å². The largest absolute Gasteiger partial charge is 0.378 e. The molecule has 0 atom stereocenters. The number of ether oxygens (including phenoxy) is 1. The van der Waals surface area contributed by atoms with Crippen LogP contribution in [0.5, 0.6) is 0 Å². The molecule has 0 spiro atoms. The number of anilines is 1. The molecule has 0 bridgehead atoms. The minimum Gasteiger partial charge on any atom is -0.378 e. The van der Waals surface area contributed by atoms with E-state index in [4.69, 9.17) is 14.7 Å². The Hall–Kier alpha value is -2.25. The van der Waals surface area contributed by atoms with Crippen LogP contribution in [-0.2, 0) is 21.3 Å². The summed E-state index contributed by atoms with van der Waals surface area (Å²) in [5, 5.41) is 0.